The quantitative estimate of drug-likeness (QED) is 0.739. The Morgan fingerprint density at radius 2 is 1.90 bits per heavy atom. The lowest BCUT2D eigenvalue weighted by Crippen LogP contribution is -2.59. The van der Waals surface area contributed by atoms with Gasteiger partial charge < -0.3 is 25.2 Å². The second-order valence-electron chi connectivity index (χ2n) is 5.77. The third kappa shape index (κ3) is 4.39. The molecule has 0 aliphatic carbocycles. The van der Waals surface area contributed by atoms with Gasteiger partial charge in [0.1, 0.15) is 0 Å². The fourth-order valence-electron chi connectivity index (χ4n) is 2.80. The monoisotopic (exact) mass is 300 g/mol. The third-order valence-electron chi connectivity index (χ3n) is 4.21. The van der Waals surface area contributed by atoms with Crippen LogP contribution in [0.4, 0.5) is 0 Å². The van der Waals surface area contributed by atoms with Crippen molar-refractivity contribution >= 4 is 11.9 Å². The van der Waals surface area contributed by atoms with Crippen LogP contribution in [0.1, 0.15) is 32.1 Å². The molecule has 0 aromatic carbocycles. The second kappa shape index (κ2) is 7.20. The molecule has 2 rings (SSSR count). The van der Waals surface area contributed by atoms with Crippen LogP contribution >= 0.6 is 0 Å². The summed E-state index contributed by atoms with van der Waals surface area (Å²) >= 11 is 0. The summed E-state index contributed by atoms with van der Waals surface area (Å²) in [6.07, 6.45) is 2.67. The largest absolute Gasteiger partial charge is 0.481 e. The molecule has 2 fully saturated rings. The number of carboxylic acids is 1. The Balaban J connectivity index is 1.75. The lowest BCUT2D eigenvalue weighted by molar-refractivity contribution is -0.143. The highest BCUT2D eigenvalue weighted by atomic mass is 16.5. The van der Waals surface area contributed by atoms with Crippen molar-refractivity contribution in [2.24, 2.45) is 5.73 Å². The minimum absolute atomic E-state index is 0.00906. The number of nitrogens with two attached hydrogens (primary N) is 1. The standard InChI is InChI=1S/C14H24N2O5/c15-14(4-9-20-10-5-14)13(19)16-6-1-11(2-7-16)21-8-3-12(17)18/h11H,1-10,15H2,(H,17,18). The van der Waals surface area contributed by atoms with Crippen molar-refractivity contribution in [2.75, 3.05) is 32.9 Å². The number of amides is 1. The van der Waals surface area contributed by atoms with Crippen LogP contribution in [0.25, 0.3) is 0 Å². The van der Waals surface area contributed by atoms with E-state index in [1.807, 2.05) is 4.90 Å². The van der Waals surface area contributed by atoms with Crippen molar-refractivity contribution < 1.29 is 24.2 Å². The highest BCUT2D eigenvalue weighted by molar-refractivity contribution is 5.86. The number of nitrogens with zero attached hydrogens (tertiary/aromatic N) is 1. The maximum atomic E-state index is 12.5. The van der Waals surface area contributed by atoms with Crippen LogP contribution < -0.4 is 5.73 Å². The fraction of sp³-hybridized carbons (Fsp3) is 0.857. The molecule has 120 valence electrons. The van der Waals surface area contributed by atoms with E-state index in [0.29, 0.717) is 39.1 Å². The van der Waals surface area contributed by atoms with Crippen LogP contribution in [-0.2, 0) is 19.1 Å². The molecule has 0 radical (unpaired) electrons. The first-order valence-corrected chi connectivity index (χ1v) is 7.51. The molecule has 0 aromatic rings. The highest BCUT2D eigenvalue weighted by Crippen LogP contribution is 2.23. The molecule has 21 heavy (non-hydrogen) atoms. The Labute approximate surface area is 124 Å². The average molecular weight is 300 g/mol. The summed E-state index contributed by atoms with van der Waals surface area (Å²) in [6.45, 7) is 2.55. The first-order valence-electron chi connectivity index (χ1n) is 7.51. The van der Waals surface area contributed by atoms with Crippen LogP contribution in [0.3, 0.4) is 0 Å². The predicted molar refractivity (Wildman–Crippen MR) is 74.8 cm³/mol. The molecule has 7 heteroatoms. The Hall–Kier alpha value is -1.18. The van der Waals surface area contributed by atoms with Gasteiger partial charge in [-0.05, 0) is 25.7 Å². The zero-order valence-corrected chi connectivity index (χ0v) is 12.3. The number of ether oxygens (including phenoxy) is 2. The number of aliphatic carboxylic acids is 1. The minimum Gasteiger partial charge on any atom is -0.481 e. The molecule has 0 unspecified atom stereocenters. The number of carbonyl (C=O) groups is 2. The summed E-state index contributed by atoms with van der Waals surface area (Å²) in [6, 6.07) is 0. The number of carbonyl (C=O) groups excluding carboxylic acids is 1. The summed E-state index contributed by atoms with van der Waals surface area (Å²) in [7, 11) is 0. The van der Waals surface area contributed by atoms with Crippen molar-refractivity contribution in [3.05, 3.63) is 0 Å². The highest BCUT2D eigenvalue weighted by Gasteiger charge is 2.39. The SMILES string of the molecule is NC1(C(=O)N2CCC(OCCC(=O)O)CC2)CCOCC1. The van der Waals surface area contributed by atoms with Crippen molar-refractivity contribution in [1.29, 1.82) is 0 Å². The zero-order valence-electron chi connectivity index (χ0n) is 12.3. The molecule has 0 aromatic heterocycles. The van der Waals surface area contributed by atoms with E-state index in [1.165, 1.54) is 0 Å². The molecule has 2 saturated heterocycles. The molecule has 2 heterocycles. The molecule has 0 spiro atoms. The van der Waals surface area contributed by atoms with E-state index in [1.54, 1.807) is 0 Å². The van der Waals surface area contributed by atoms with Gasteiger partial charge in [0.15, 0.2) is 0 Å². The van der Waals surface area contributed by atoms with E-state index in [-0.39, 0.29) is 25.0 Å². The van der Waals surface area contributed by atoms with Gasteiger partial charge in [-0.25, -0.2) is 0 Å². The molecule has 0 bridgehead atoms. The molecule has 2 aliphatic heterocycles. The van der Waals surface area contributed by atoms with Gasteiger partial charge in [-0.15, -0.1) is 0 Å². The number of rotatable bonds is 5. The van der Waals surface area contributed by atoms with Gasteiger partial charge in [-0.2, -0.15) is 0 Å². The molecule has 7 nitrogen and oxygen atoms in total. The first-order chi connectivity index (χ1) is 10.0. The van der Waals surface area contributed by atoms with E-state index >= 15 is 0 Å². The van der Waals surface area contributed by atoms with E-state index in [0.717, 1.165) is 12.8 Å². The van der Waals surface area contributed by atoms with E-state index < -0.39 is 11.5 Å². The second-order valence-corrected chi connectivity index (χ2v) is 5.77. The molecular formula is C14H24N2O5. The maximum absolute atomic E-state index is 12.5. The van der Waals surface area contributed by atoms with Gasteiger partial charge in [0.05, 0.1) is 24.7 Å². The predicted octanol–water partition coefficient (Wildman–Crippen LogP) is -0.0234. The average Bonchev–Trinajstić information content (AvgIpc) is 2.48. The van der Waals surface area contributed by atoms with Gasteiger partial charge in [-0.1, -0.05) is 0 Å². The maximum Gasteiger partial charge on any atom is 0.305 e. The van der Waals surface area contributed by atoms with Crippen LogP contribution in [0.2, 0.25) is 0 Å². The van der Waals surface area contributed by atoms with Gasteiger partial charge in [0.25, 0.3) is 0 Å². The van der Waals surface area contributed by atoms with Gasteiger partial charge in [0.2, 0.25) is 5.91 Å². The lowest BCUT2D eigenvalue weighted by atomic mass is 9.89. The van der Waals surface area contributed by atoms with Crippen LogP contribution in [0, 0.1) is 0 Å². The van der Waals surface area contributed by atoms with Gasteiger partial charge >= 0.3 is 5.97 Å². The normalized spacial score (nSPS) is 23.0. The number of likely N-dealkylation sites (tertiary alicyclic amines) is 1. The van der Waals surface area contributed by atoms with Crippen LogP contribution in [0.5, 0.6) is 0 Å². The van der Waals surface area contributed by atoms with Crippen molar-refractivity contribution in [3.8, 4) is 0 Å². The summed E-state index contributed by atoms with van der Waals surface area (Å²) < 4.78 is 10.8. The zero-order chi connectivity index (χ0) is 15.3. The van der Waals surface area contributed by atoms with Gasteiger partial charge in [0, 0.05) is 26.3 Å². The minimum atomic E-state index is -0.854. The van der Waals surface area contributed by atoms with Crippen LogP contribution in [0.15, 0.2) is 0 Å². The van der Waals surface area contributed by atoms with E-state index in [2.05, 4.69) is 0 Å². The Morgan fingerprint density at radius 3 is 2.48 bits per heavy atom. The molecule has 3 N–H and O–H groups in total. The smallest absolute Gasteiger partial charge is 0.305 e. The Morgan fingerprint density at radius 1 is 1.29 bits per heavy atom. The number of hydrogen-bond acceptors (Lipinski definition) is 5. The third-order valence-corrected chi connectivity index (χ3v) is 4.21. The number of carboxylic acid groups (broad SMARTS) is 1. The summed E-state index contributed by atoms with van der Waals surface area (Å²) in [5, 5.41) is 8.57. The number of piperidine rings is 1. The summed E-state index contributed by atoms with van der Waals surface area (Å²) in [5.41, 5.74) is 5.43. The van der Waals surface area contributed by atoms with Crippen LogP contribution in [-0.4, -0.2) is 66.4 Å². The van der Waals surface area contributed by atoms with Crippen molar-refractivity contribution in [1.82, 2.24) is 4.90 Å². The molecule has 0 saturated carbocycles. The summed E-state index contributed by atoms with van der Waals surface area (Å²) in [4.78, 5) is 24.8. The Bertz CT molecular complexity index is 374. The van der Waals surface area contributed by atoms with E-state index in [9.17, 15) is 9.59 Å². The molecule has 1 amide bonds. The topological polar surface area (TPSA) is 102 Å². The fourth-order valence-corrected chi connectivity index (χ4v) is 2.80. The summed E-state index contributed by atoms with van der Waals surface area (Å²) in [5.74, 6) is -0.845. The van der Waals surface area contributed by atoms with Crippen molar-refractivity contribution in [2.45, 2.75) is 43.7 Å². The molecule has 2 aliphatic rings. The van der Waals surface area contributed by atoms with Crippen molar-refractivity contribution in [3.63, 3.8) is 0 Å². The molecular weight excluding hydrogens is 276 g/mol. The van der Waals surface area contributed by atoms with Gasteiger partial charge in [-0.3, -0.25) is 9.59 Å². The number of hydrogen-bond donors (Lipinski definition) is 2. The lowest BCUT2D eigenvalue weighted by Gasteiger charge is -2.39. The first kappa shape index (κ1) is 16.2. The molecule has 0 atom stereocenters. The van der Waals surface area contributed by atoms with E-state index in [4.69, 9.17) is 20.3 Å². The Kier molecular flexibility index (Phi) is 5.55.